The van der Waals surface area contributed by atoms with Crippen molar-refractivity contribution < 1.29 is 4.79 Å². The third-order valence-electron chi connectivity index (χ3n) is 2.82. The zero-order chi connectivity index (χ0) is 13.2. The molecule has 17 heavy (non-hydrogen) atoms. The van der Waals surface area contributed by atoms with Crippen molar-refractivity contribution in [3.05, 3.63) is 29.3 Å². The molecule has 1 aromatic carbocycles. The van der Waals surface area contributed by atoms with Gasteiger partial charge in [0.2, 0.25) is 5.91 Å². The molecule has 0 aliphatic heterocycles. The van der Waals surface area contributed by atoms with Crippen LogP contribution in [-0.2, 0) is 4.79 Å². The molecule has 0 saturated heterocycles. The molecule has 1 aromatic rings. The van der Waals surface area contributed by atoms with Crippen molar-refractivity contribution >= 4 is 28.8 Å². The number of rotatable bonds is 3. The zero-order valence-electron chi connectivity index (χ0n) is 10.6. The van der Waals surface area contributed by atoms with E-state index in [-0.39, 0.29) is 10.9 Å². The molecule has 1 amide bonds. The van der Waals surface area contributed by atoms with Gasteiger partial charge in [-0.05, 0) is 44.9 Å². The van der Waals surface area contributed by atoms with Gasteiger partial charge in [0.1, 0.15) is 0 Å². The molecule has 0 saturated carbocycles. The fourth-order valence-electron chi connectivity index (χ4n) is 1.26. The van der Waals surface area contributed by atoms with Gasteiger partial charge in [-0.2, -0.15) is 0 Å². The van der Waals surface area contributed by atoms with Crippen molar-refractivity contribution in [2.24, 2.45) is 11.1 Å². The van der Waals surface area contributed by atoms with Crippen LogP contribution in [0.2, 0.25) is 0 Å². The monoisotopic (exact) mass is 250 g/mol. The van der Waals surface area contributed by atoms with Crippen LogP contribution in [0.4, 0.5) is 5.69 Å². The summed E-state index contributed by atoms with van der Waals surface area (Å²) in [6, 6.07) is 5.91. The van der Waals surface area contributed by atoms with Crippen molar-refractivity contribution in [1.29, 1.82) is 0 Å². The summed E-state index contributed by atoms with van der Waals surface area (Å²) in [6.07, 6.45) is 0. The molecular weight excluding hydrogens is 232 g/mol. The second-order valence-electron chi connectivity index (χ2n) is 4.76. The number of nitrogens with one attached hydrogen (secondary N) is 1. The Balaban J connectivity index is 2.96. The van der Waals surface area contributed by atoms with Gasteiger partial charge < -0.3 is 11.1 Å². The number of carbonyl (C=O) groups excluding carboxylic acids is 1. The normalized spacial score (nSPS) is 11.1. The molecular formula is C13H18N2OS. The Morgan fingerprint density at radius 1 is 1.35 bits per heavy atom. The lowest BCUT2D eigenvalue weighted by molar-refractivity contribution is -0.121. The van der Waals surface area contributed by atoms with Crippen LogP contribution < -0.4 is 11.1 Å². The first-order chi connectivity index (χ1) is 7.75. The Hall–Kier alpha value is -1.42. The number of benzene rings is 1. The van der Waals surface area contributed by atoms with Gasteiger partial charge in [0.15, 0.2) is 0 Å². The summed E-state index contributed by atoms with van der Waals surface area (Å²) in [6.45, 7) is 7.36. The van der Waals surface area contributed by atoms with Gasteiger partial charge in [-0.3, -0.25) is 4.79 Å². The summed E-state index contributed by atoms with van der Waals surface area (Å²) >= 11 is 4.90. The summed E-state index contributed by atoms with van der Waals surface area (Å²) < 4.78 is 0. The maximum absolute atomic E-state index is 12.1. The number of carbonyl (C=O) groups is 1. The molecule has 0 aliphatic carbocycles. The Labute approximate surface area is 107 Å². The zero-order valence-corrected chi connectivity index (χ0v) is 11.4. The average molecular weight is 250 g/mol. The van der Waals surface area contributed by atoms with Crippen LogP contribution in [0.3, 0.4) is 0 Å². The first-order valence-electron chi connectivity index (χ1n) is 5.43. The fourth-order valence-corrected chi connectivity index (χ4v) is 1.35. The number of thiocarbonyl (C=S) groups is 1. The summed E-state index contributed by atoms with van der Waals surface area (Å²) in [7, 11) is 0. The maximum Gasteiger partial charge on any atom is 0.236 e. The van der Waals surface area contributed by atoms with Gasteiger partial charge in [-0.25, -0.2) is 0 Å². The van der Waals surface area contributed by atoms with E-state index in [1.54, 1.807) is 13.8 Å². The van der Waals surface area contributed by atoms with Crippen molar-refractivity contribution in [3.8, 4) is 0 Å². The van der Waals surface area contributed by atoms with Crippen LogP contribution in [0.1, 0.15) is 25.0 Å². The van der Waals surface area contributed by atoms with E-state index in [4.69, 9.17) is 18.0 Å². The number of hydrogen-bond acceptors (Lipinski definition) is 2. The van der Waals surface area contributed by atoms with Gasteiger partial charge in [0.25, 0.3) is 0 Å². The minimum Gasteiger partial charge on any atom is -0.392 e. The molecule has 3 nitrogen and oxygen atoms in total. The first-order valence-corrected chi connectivity index (χ1v) is 5.84. The summed E-state index contributed by atoms with van der Waals surface area (Å²) in [5.74, 6) is -0.182. The molecule has 0 aromatic heterocycles. The molecule has 0 bridgehead atoms. The molecule has 4 heteroatoms. The van der Waals surface area contributed by atoms with E-state index < -0.39 is 5.41 Å². The Morgan fingerprint density at radius 3 is 2.47 bits per heavy atom. The Morgan fingerprint density at radius 2 is 1.94 bits per heavy atom. The highest BCUT2D eigenvalue weighted by atomic mass is 32.1. The number of anilines is 1. The highest BCUT2D eigenvalue weighted by molar-refractivity contribution is 7.80. The standard InChI is InChI=1S/C13H18N2OS/c1-8-5-6-9(2)10(7-8)15-12(16)13(3,4)11(14)17/h5-7H,1-4H3,(H2,14,17)(H,15,16). The van der Waals surface area contributed by atoms with E-state index in [2.05, 4.69) is 5.32 Å². The molecule has 3 N–H and O–H groups in total. The van der Waals surface area contributed by atoms with E-state index in [0.29, 0.717) is 0 Å². The average Bonchev–Trinajstić information content (AvgIpc) is 2.23. The number of amides is 1. The predicted octanol–water partition coefficient (Wildman–Crippen LogP) is 2.55. The third kappa shape index (κ3) is 3.03. The summed E-state index contributed by atoms with van der Waals surface area (Å²) in [5, 5.41) is 2.87. The van der Waals surface area contributed by atoms with Crippen molar-refractivity contribution in [3.63, 3.8) is 0 Å². The topological polar surface area (TPSA) is 55.1 Å². The molecule has 0 unspecified atom stereocenters. The lowest BCUT2D eigenvalue weighted by Gasteiger charge is -2.22. The summed E-state index contributed by atoms with van der Waals surface area (Å²) in [5.41, 5.74) is 7.64. The van der Waals surface area contributed by atoms with Crippen LogP contribution in [0, 0.1) is 19.3 Å². The molecule has 1 rings (SSSR count). The van der Waals surface area contributed by atoms with Crippen molar-refractivity contribution in [2.45, 2.75) is 27.7 Å². The second kappa shape index (κ2) is 4.84. The van der Waals surface area contributed by atoms with Gasteiger partial charge >= 0.3 is 0 Å². The van der Waals surface area contributed by atoms with E-state index in [1.165, 1.54) is 0 Å². The molecule has 0 aliphatic rings. The lowest BCUT2D eigenvalue weighted by atomic mass is 9.92. The summed E-state index contributed by atoms with van der Waals surface area (Å²) in [4.78, 5) is 12.3. The Bertz CT molecular complexity index is 466. The minimum absolute atomic E-state index is 0.182. The van der Waals surface area contributed by atoms with Gasteiger partial charge in [-0.15, -0.1) is 0 Å². The molecule has 0 heterocycles. The van der Waals surface area contributed by atoms with E-state index in [0.717, 1.165) is 16.8 Å². The van der Waals surface area contributed by atoms with Crippen LogP contribution in [-0.4, -0.2) is 10.9 Å². The highest BCUT2D eigenvalue weighted by Crippen LogP contribution is 2.22. The van der Waals surface area contributed by atoms with Gasteiger partial charge in [0, 0.05) is 5.69 Å². The fraction of sp³-hybridized carbons (Fsp3) is 0.385. The van der Waals surface area contributed by atoms with E-state index in [1.807, 2.05) is 32.0 Å². The molecule has 0 spiro atoms. The van der Waals surface area contributed by atoms with Crippen LogP contribution >= 0.6 is 12.2 Å². The smallest absolute Gasteiger partial charge is 0.236 e. The van der Waals surface area contributed by atoms with Gasteiger partial charge in [-0.1, -0.05) is 24.4 Å². The lowest BCUT2D eigenvalue weighted by Crippen LogP contribution is -2.41. The van der Waals surface area contributed by atoms with Crippen molar-refractivity contribution in [2.75, 3.05) is 5.32 Å². The van der Waals surface area contributed by atoms with Crippen LogP contribution in [0.5, 0.6) is 0 Å². The number of nitrogens with two attached hydrogens (primary N) is 1. The highest BCUT2D eigenvalue weighted by Gasteiger charge is 2.31. The molecule has 0 atom stereocenters. The van der Waals surface area contributed by atoms with Crippen LogP contribution in [0.15, 0.2) is 18.2 Å². The van der Waals surface area contributed by atoms with E-state index in [9.17, 15) is 4.79 Å². The Kier molecular flexibility index (Phi) is 3.88. The maximum atomic E-state index is 12.1. The van der Waals surface area contributed by atoms with Crippen molar-refractivity contribution in [1.82, 2.24) is 0 Å². The SMILES string of the molecule is Cc1ccc(C)c(NC(=O)C(C)(C)C(N)=S)c1. The molecule has 92 valence electrons. The quantitative estimate of drug-likeness (QED) is 0.811. The first kappa shape index (κ1) is 13.6. The predicted molar refractivity (Wildman–Crippen MR) is 75.1 cm³/mol. The number of hydrogen-bond donors (Lipinski definition) is 2. The van der Waals surface area contributed by atoms with Crippen LogP contribution in [0.25, 0.3) is 0 Å². The largest absolute Gasteiger partial charge is 0.392 e. The number of aryl methyl sites for hydroxylation is 2. The third-order valence-corrected chi connectivity index (χ3v) is 3.34. The minimum atomic E-state index is -0.842. The van der Waals surface area contributed by atoms with E-state index >= 15 is 0 Å². The molecule has 0 fully saturated rings. The molecule has 0 radical (unpaired) electrons. The second-order valence-corrected chi connectivity index (χ2v) is 5.20. The van der Waals surface area contributed by atoms with Gasteiger partial charge in [0.05, 0.1) is 10.4 Å².